The van der Waals surface area contributed by atoms with Crippen molar-refractivity contribution in [2.24, 2.45) is 5.92 Å². The lowest BCUT2D eigenvalue weighted by Gasteiger charge is -1.97. The van der Waals surface area contributed by atoms with Gasteiger partial charge in [-0.05, 0) is 12.5 Å². The summed E-state index contributed by atoms with van der Waals surface area (Å²) in [6.45, 7) is 1.89. The lowest BCUT2D eigenvalue weighted by atomic mass is 10.0. The molecule has 0 N–H and O–H groups in total. The molecule has 0 aromatic carbocycles. The van der Waals surface area contributed by atoms with Crippen LogP contribution in [0.4, 0.5) is 0 Å². The molecule has 0 aromatic heterocycles. The molecule has 1 unspecified atom stereocenters. The third-order valence-electron chi connectivity index (χ3n) is 2.29. The zero-order valence-corrected chi connectivity index (χ0v) is 9.69. The second kappa shape index (κ2) is 5.70. The van der Waals surface area contributed by atoms with Gasteiger partial charge in [0.25, 0.3) is 8.68 Å². The number of hydrogen-bond donors (Lipinski definition) is 0. The van der Waals surface area contributed by atoms with E-state index < -0.39 is 20.6 Å². The Kier molecular flexibility index (Phi) is 4.55. The van der Waals surface area contributed by atoms with Gasteiger partial charge >= 0.3 is 11.9 Å². The van der Waals surface area contributed by atoms with E-state index in [1.54, 1.807) is 0 Å². The van der Waals surface area contributed by atoms with Gasteiger partial charge < -0.3 is 9.20 Å². The fourth-order valence-electron chi connectivity index (χ4n) is 1.32. The van der Waals surface area contributed by atoms with Crippen molar-refractivity contribution in [3.05, 3.63) is 12.2 Å². The highest BCUT2D eigenvalue weighted by Crippen LogP contribution is 2.19. The minimum atomic E-state index is -1.47. The first kappa shape index (κ1) is 12.0. The molecule has 82 valence electrons. The molecule has 1 aliphatic heterocycles. The second-order valence-electron chi connectivity index (χ2n) is 3.50. The number of carbonyl (C=O) groups is 2. The molecule has 1 heterocycles. The lowest BCUT2D eigenvalue weighted by Crippen LogP contribution is -2.05. The Morgan fingerprint density at radius 2 is 2.20 bits per heavy atom. The van der Waals surface area contributed by atoms with Gasteiger partial charge in [0.05, 0.1) is 12.3 Å². The molecular weight excluding hydrogens is 212 g/mol. The Bertz CT molecular complexity index is 309. The normalized spacial score (nSPS) is 21.0. The predicted molar refractivity (Wildman–Crippen MR) is 54.7 cm³/mol. The Balaban J connectivity index is 2.28. The molecule has 5 heteroatoms. The molecule has 0 aromatic rings. The summed E-state index contributed by atoms with van der Waals surface area (Å²) in [6, 6.07) is 1.29. The number of hydrogen-bond acceptors (Lipinski definition) is 4. The third kappa shape index (κ3) is 3.87. The van der Waals surface area contributed by atoms with Crippen LogP contribution in [-0.4, -0.2) is 20.6 Å². The van der Waals surface area contributed by atoms with Crippen molar-refractivity contribution in [1.29, 1.82) is 0 Å². The molecule has 0 spiro atoms. The largest absolute Gasteiger partial charge is 0.393 e. The molecule has 1 atom stereocenters. The van der Waals surface area contributed by atoms with Crippen molar-refractivity contribution in [3.63, 3.8) is 0 Å². The van der Waals surface area contributed by atoms with Crippen molar-refractivity contribution in [3.8, 4) is 0 Å². The summed E-state index contributed by atoms with van der Waals surface area (Å²) in [4.78, 5) is 21.8. The maximum Gasteiger partial charge on any atom is 0.317 e. The van der Waals surface area contributed by atoms with Crippen LogP contribution in [0.3, 0.4) is 0 Å². The van der Waals surface area contributed by atoms with Crippen molar-refractivity contribution in [2.75, 3.05) is 0 Å². The highest BCUT2D eigenvalue weighted by Gasteiger charge is 2.31. The Morgan fingerprint density at radius 1 is 1.47 bits per heavy atom. The summed E-state index contributed by atoms with van der Waals surface area (Å²) in [7, 11) is -1.47. The molecule has 1 fully saturated rings. The van der Waals surface area contributed by atoms with Gasteiger partial charge in [-0.1, -0.05) is 19.1 Å². The molecule has 0 radical (unpaired) electrons. The van der Waals surface area contributed by atoms with Crippen LogP contribution in [0.1, 0.15) is 19.8 Å². The number of cyclic esters (lactones) is 2. The van der Waals surface area contributed by atoms with Crippen LogP contribution in [0.5, 0.6) is 0 Å². The fraction of sp³-hybridized carbons (Fsp3) is 0.600. The van der Waals surface area contributed by atoms with Crippen LogP contribution in [0.25, 0.3) is 0 Å². The van der Waals surface area contributed by atoms with Crippen LogP contribution in [0.15, 0.2) is 12.2 Å². The Hall–Kier alpha value is -1.10. The topological polar surface area (TPSA) is 60.4 Å². The van der Waals surface area contributed by atoms with Crippen LogP contribution >= 0.6 is 0 Å². The van der Waals surface area contributed by atoms with Crippen molar-refractivity contribution in [2.45, 2.75) is 31.9 Å². The molecule has 15 heavy (non-hydrogen) atoms. The standard InChI is InChI=1S/C10H14O4Si/c1-2-15(13)6-4-3-5-8-7-9(11)14-10(8)12/h3-4,8H,2,5-7H2,1H3/b4-3+. The molecule has 4 nitrogen and oxygen atoms in total. The van der Waals surface area contributed by atoms with Crippen molar-refractivity contribution in [1.82, 2.24) is 0 Å². The van der Waals surface area contributed by atoms with E-state index in [1.807, 2.05) is 19.1 Å². The summed E-state index contributed by atoms with van der Waals surface area (Å²) >= 11 is 0. The number of rotatable bonds is 5. The van der Waals surface area contributed by atoms with Gasteiger partial charge in [-0.15, -0.1) is 0 Å². The van der Waals surface area contributed by atoms with Crippen LogP contribution in [0, 0.1) is 5.92 Å². The number of carbonyl (C=O) groups excluding carboxylic acids is 2. The zero-order valence-electron chi connectivity index (χ0n) is 8.69. The minimum absolute atomic E-state index is 0.173. The summed E-state index contributed by atoms with van der Waals surface area (Å²) in [5.74, 6) is -1.22. The second-order valence-corrected chi connectivity index (χ2v) is 5.69. The van der Waals surface area contributed by atoms with E-state index in [0.717, 1.165) is 0 Å². The molecule has 0 amide bonds. The smallest absolute Gasteiger partial charge is 0.317 e. The predicted octanol–water partition coefficient (Wildman–Crippen LogP) is 1.46. The van der Waals surface area contributed by atoms with E-state index in [2.05, 4.69) is 4.74 Å². The van der Waals surface area contributed by atoms with E-state index in [1.165, 1.54) is 0 Å². The van der Waals surface area contributed by atoms with Gasteiger partial charge in [-0.2, -0.15) is 0 Å². The van der Waals surface area contributed by atoms with Gasteiger partial charge in [0.2, 0.25) is 0 Å². The highest BCUT2D eigenvalue weighted by molar-refractivity contribution is 6.43. The molecule has 1 saturated heterocycles. The minimum Gasteiger partial charge on any atom is -0.393 e. The van der Waals surface area contributed by atoms with Gasteiger partial charge in [-0.25, -0.2) is 0 Å². The number of esters is 2. The summed E-state index contributed by atoms with van der Waals surface area (Å²) in [6.07, 6.45) is 4.30. The summed E-state index contributed by atoms with van der Waals surface area (Å²) in [5, 5.41) is 0. The molecule has 0 aliphatic carbocycles. The van der Waals surface area contributed by atoms with Gasteiger partial charge in [0, 0.05) is 6.04 Å². The highest BCUT2D eigenvalue weighted by atomic mass is 28.3. The first-order valence-electron chi connectivity index (χ1n) is 5.04. The number of allylic oxidation sites excluding steroid dienone is 2. The van der Waals surface area contributed by atoms with E-state index in [-0.39, 0.29) is 12.3 Å². The molecule has 0 bridgehead atoms. The maximum absolute atomic E-state index is 11.1. The maximum atomic E-state index is 11.1. The third-order valence-corrected chi connectivity index (χ3v) is 3.77. The summed E-state index contributed by atoms with van der Waals surface area (Å²) in [5.41, 5.74) is 0. The number of ether oxygens (including phenoxy) is 1. The SMILES string of the molecule is CC[Si](=O)C/C=C/CC1CC(=O)OC1=O. The van der Waals surface area contributed by atoms with E-state index in [0.29, 0.717) is 18.5 Å². The molecule has 1 aliphatic rings. The van der Waals surface area contributed by atoms with Crippen LogP contribution in [-0.2, 0) is 18.8 Å². The molecule has 1 rings (SSSR count). The van der Waals surface area contributed by atoms with Gasteiger partial charge in [-0.3, -0.25) is 9.59 Å². The first-order chi connectivity index (χ1) is 7.13. The summed E-state index contributed by atoms with van der Waals surface area (Å²) < 4.78 is 15.5. The van der Waals surface area contributed by atoms with E-state index >= 15 is 0 Å². The van der Waals surface area contributed by atoms with Crippen molar-refractivity contribution < 1.29 is 18.8 Å². The average molecular weight is 226 g/mol. The van der Waals surface area contributed by atoms with Gasteiger partial charge in [0.15, 0.2) is 0 Å². The Morgan fingerprint density at radius 3 is 2.73 bits per heavy atom. The monoisotopic (exact) mass is 226 g/mol. The average Bonchev–Trinajstić information content (AvgIpc) is 2.52. The van der Waals surface area contributed by atoms with Gasteiger partial charge in [0.1, 0.15) is 0 Å². The Labute approximate surface area is 90.0 Å². The fourth-order valence-corrected chi connectivity index (χ4v) is 2.04. The zero-order chi connectivity index (χ0) is 11.3. The van der Waals surface area contributed by atoms with Crippen molar-refractivity contribution >= 4 is 20.6 Å². The lowest BCUT2D eigenvalue weighted by molar-refractivity contribution is -0.153. The van der Waals surface area contributed by atoms with E-state index in [4.69, 9.17) is 0 Å². The van der Waals surface area contributed by atoms with Crippen LogP contribution < -0.4 is 0 Å². The molecular formula is C10H14O4Si. The first-order valence-corrected chi connectivity index (χ1v) is 6.87. The van der Waals surface area contributed by atoms with Crippen LogP contribution in [0.2, 0.25) is 12.1 Å². The van der Waals surface area contributed by atoms with E-state index in [9.17, 15) is 14.1 Å². The molecule has 0 saturated carbocycles. The quantitative estimate of drug-likeness (QED) is 0.308.